The molecule has 6 nitrogen and oxygen atoms in total. The van der Waals surface area contributed by atoms with Gasteiger partial charge < -0.3 is 14.2 Å². The molecule has 0 bridgehead atoms. The number of hydrogen-bond donors (Lipinski definition) is 0. The number of imide groups is 1. The van der Waals surface area contributed by atoms with Crippen LogP contribution in [0.2, 0.25) is 0 Å². The summed E-state index contributed by atoms with van der Waals surface area (Å²) in [7, 11) is 0. The van der Waals surface area contributed by atoms with Crippen LogP contribution in [0.1, 0.15) is 25.0 Å². The van der Waals surface area contributed by atoms with Crippen molar-refractivity contribution >= 4 is 29.0 Å². The minimum Gasteiger partial charge on any atom is -0.491 e. The number of ether oxygens (including phenoxy) is 3. The number of hydrogen-bond acceptors (Lipinski definition) is 5. The second kappa shape index (κ2) is 7.20. The topological polar surface area (TPSA) is 65.1 Å². The molecule has 0 fully saturated rings. The Bertz CT molecular complexity index is 981. The van der Waals surface area contributed by atoms with E-state index < -0.39 is 11.8 Å². The van der Waals surface area contributed by atoms with Gasteiger partial charge in [0.2, 0.25) is 6.79 Å². The number of rotatable bonds is 5. The molecule has 0 N–H and O–H groups in total. The fraction of sp³-hybridized carbons (Fsp3) is 0.238. The first kappa shape index (κ1) is 18.4. The molecule has 0 saturated heterocycles. The number of nitrogens with zero attached hydrogens (tertiary/aromatic N) is 1. The Labute approximate surface area is 167 Å². The quantitative estimate of drug-likeness (QED) is 0.717. The SMILES string of the molecule is CC(C)Oc1ccc(C2=C(Cl)C(=O)N(Cc3ccc4c(c3)OCO4)C2=O)cc1. The highest BCUT2D eigenvalue weighted by atomic mass is 35.5. The molecule has 2 amide bonds. The Balaban J connectivity index is 1.55. The lowest BCUT2D eigenvalue weighted by Crippen LogP contribution is -2.30. The third-order valence-electron chi connectivity index (χ3n) is 4.40. The molecular weight excluding hydrogens is 382 g/mol. The number of carbonyl (C=O) groups is 2. The fourth-order valence-electron chi connectivity index (χ4n) is 3.13. The first-order valence-electron chi connectivity index (χ1n) is 8.85. The molecule has 7 heteroatoms. The predicted octanol–water partition coefficient (Wildman–Crippen LogP) is 3.72. The summed E-state index contributed by atoms with van der Waals surface area (Å²) in [4.78, 5) is 26.6. The summed E-state index contributed by atoms with van der Waals surface area (Å²) < 4.78 is 16.2. The molecule has 2 aromatic rings. The van der Waals surface area contributed by atoms with Crippen molar-refractivity contribution in [3.63, 3.8) is 0 Å². The van der Waals surface area contributed by atoms with Crippen LogP contribution in [0.25, 0.3) is 5.57 Å². The van der Waals surface area contributed by atoms with E-state index in [-0.39, 0.29) is 30.0 Å². The van der Waals surface area contributed by atoms with Crippen molar-refractivity contribution in [3.05, 3.63) is 58.6 Å². The summed E-state index contributed by atoms with van der Waals surface area (Å²) in [5.41, 5.74) is 1.52. The third kappa shape index (κ3) is 3.31. The van der Waals surface area contributed by atoms with E-state index in [1.54, 1.807) is 42.5 Å². The van der Waals surface area contributed by atoms with Crippen LogP contribution in [0.5, 0.6) is 17.2 Å². The van der Waals surface area contributed by atoms with Gasteiger partial charge in [-0.05, 0) is 49.2 Å². The highest BCUT2D eigenvalue weighted by molar-refractivity contribution is 6.55. The summed E-state index contributed by atoms with van der Waals surface area (Å²) in [5, 5.41) is -0.0803. The summed E-state index contributed by atoms with van der Waals surface area (Å²) in [5.74, 6) is 0.983. The molecule has 2 heterocycles. The summed E-state index contributed by atoms with van der Waals surface area (Å²) in [6.45, 7) is 4.12. The number of amides is 2. The summed E-state index contributed by atoms with van der Waals surface area (Å²) in [6, 6.07) is 12.3. The Hall–Kier alpha value is -2.99. The average molecular weight is 400 g/mol. The fourth-order valence-corrected chi connectivity index (χ4v) is 3.43. The van der Waals surface area contributed by atoms with Crippen molar-refractivity contribution in [2.24, 2.45) is 0 Å². The highest BCUT2D eigenvalue weighted by Crippen LogP contribution is 2.36. The van der Waals surface area contributed by atoms with E-state index in [1.807, 2.05) is 13.8 Å². The van der Waals surface area contributed by atoms with E-state index in [2.05, 4.69) is 0 Å². The molecule has 0 aromatic heterocycles. The molecule has 2 aromatic carbocycles. The van der Waals surface area contributed by atoms with Gasteiger partial charge in [-0.2, -0.15) is 0 Å². The van der Waals surface area contributed by atoms with E-state index in [0.717, 1.165) is 10.5 Å². The van der Waals surface area contributed by atoms with Gasteiger partial charge >= 0.3 is 0 Å². The summed E-state index contributed by atoms with van der Waals surface area (Å²) in [6.07, 6.45) is 0.0422. The zero-order valence-electron chi connectivity index (χ0n) is 15.4. The van der Waals surface area contributed by atoms with E-state index in [0.29, 0.717) is 22.8 Å². The van der Waals surface area contributed by atoms with Crippen LogP contribution in [-0.4, -0.2) is 29.6 Å². The smallest absolute Gasteiger partial charge is 0.273 e. The molecule has 144 valence electrons. The minimum absolute atomic E-state index is 0.0422. The van der Waals surface area contributed by atoms with Crippen LogP contribution in [-0.2, 0) is 16.1 Å². The molecule has 28 heavy (non-hydrogen) atoms. The zero-order chi connectivity index (χ0) is 19.8. The van der Waals surface area contributed by atoms with E-state index >= 15 is 0 Å². The van der Waals surface area contributed by atoms with Crippen LogP contribution in [0.15, 0.2) is 47.5 Å². The van der Waals surface area contributed by atoms with Gasteiger partial charge in [-0.25, -0.2) is 0 Å². The Kier molecular flexibility index (Phi) is 4.73. The van der Waals surface area contributed by atoms with Crippen molar-refractivity contribution in [2.45, 2.75) is 26.5 Å². The van der Waals surface area contributed by atoms with Crippen molar-refractivity contribution in [2.75, 3.05) is 6.79 Å². The summed E-state index contributed by atoms with van der Waals surface area (Å²) >= 11 is 6.23. The lowest BCUT2D eigenvalue weighted by atomic mass is 10.1. The maximum Gasteiger partial charge on any atom is 0.273 e. The first-order valence-corrected chi connectivity index (χ1v) is 9.23. The number of fused-ring (bicyclic) bond motifs is 1. The van der Waals surface area contributed by atoms with E-state index in [4.69, 9.17) is 25.8 Å². The molecule has 0 aliphatic carbocycles. The van der Waals surface area contributed by atoms with E-state index in [9.17, 15) is 9.59 Å². The standard InChI is InChI=1S/C21H18ClNO5/c1-12(2)28-15-6-4-14(5-7-15)18-19(22)21(25)23(20(18)24)10-13-3-8-16-17(9-13)27-11-26-16/h3-9,12H,10-11H2,1-2H3. The van der Waals surface area contributed by atoms with E-state index in [1.165, 1.54) is 0 Å². The monoisotopic (exact) mass is 399 g/mol. The molecular formula is C21H18ClNO5. The maximum absolute atomic E-state index is 12.9. The predicted molar refractivity (Wildman–Crippen MR) is 103 cm³/mol. The number of carbonyl (C=O) groups excluding carboxylic acids is 2. The molecule has 0 radical (unpaired) electrons. The minimum atomic E-state index is -0.512. The third-order valence-corrected chi connectivity index (χ3v) is 4.75. The normalized spacial score (nSPS) is 15.8. The zero-order valence-corrected chi connectivity index (χ0v) is 16.2. The van der Waals surface area contributed by atoms with Crippen molar-refractivity contribution in [3.8, 4) is 17.2 Å². The molecule has 2 aliphatic rings. The van der Waals surface area contributed by atoms with Crippen molar-refractivity contribution < 1.29 is 23.8 Å². The lowest BCUT2D eigenvalue weighted by Gasteiger charge is -2.15. The number of halogens is 1. The number of benzene rings is 2. The Morgan fingerprint density at radius 3 is 2.46 bits per heavy atom. The van der Waals surface area contributed by atoms with Gasteiger partial charge in [0.05, 0.1) is 18.2 Å². The maximum atomic E-state index is 12.9. The Morgan fingerprint density at radius 1 is 1.04 bits per heavy atom. The molecule has 0 saturated carbocycles. The van der Waals surface area contributed by atoms with Crippen LogP contribution in [0, 0.1) is 0 Å². The van der Waals surface area contributed by atoms with Gasteiger partial charge in [0.15, 0.2) is 11.5 Å². The van der Waals surface area contributed by atoms with Gasteiger partial charge in [0.1, 0.15) is 10.8 Å². The van der Waals surface area contributed by atoms with Crippen molar-refractivity contribution in [1.82, 2.24) is 4.90 Å². The molecule has 0 atom stereocenters. The highest BCUT2D eigenvalue weighted by Gasteiger charge is 2.38. The average Bonchev–Trinajstić information content (AvgIpc) is 3.21. The second-order valence-corrected chi connectivity index (χ2v) is 7.14. The molecule has 2 aliphatic heterocycles. The van der Waals surface area contributed by atoms with Gasteiger partial charge in [-0.1, -0.05) is 29.8 Å². The molecule has 4 rings (SSSR count). The van der Waals surface area contributed by atoms with Crippen LogP contribution in [0.3, 0.4) is 0 Å². The van der Waals surface area contributed by atoms with Crippen LogP contribution in [0.4, 0.5) is 0 Å². The first-order chi connectivity index (χ1) is 13.4. The molecule has 0 unspecified atom stereocenters. The second-order valence-electron chi connectivity index (χ2n) is 6.76. The van der Waals surface area contributed by atoms with Gasteiger partial charge in [0.25, 0.3) is 11.8 Å². The van der Waals surface area contributed by atoms with Gasteiger partial charge in [-0.3, -0.25) is 14.5 Å². The lowest BCUT2D eigenvalue weighted by molar-refractivity contribution is -0.137. The Morgan fingerprint density at radius 2 is 1.75 bits per heavy atom. The van der Waals surface area contributed by atoms with Crippen LogP contribution >= 0.6 is 11.6 Å². The van der Waals surface area contributed by atoms with Crippen LogP contribution < -0.4 is 14.2 Å². The van der Waals surface area contributed by atoms with Gasteiger partial charge in [0, 0.05) is 0 Å². The largest absolute Gasteiger partial charge is 0.491 e. The van der Waals surface area contributed by atoms with Gasteiger partial charge in [-0.15, -0.1) is 0 Å². The molecule has 0 spiro atoms. The van der Waals surface area contributed by atoms with Crippen molar-refractivity contribution in [1.29, 1.82) is 0 Å².